The van der Waals surface area contributed by atoms with Gasteiger partial charge in [0.15, 0.2) is 0 Å². The number of ether oxygens (including phenoxy) is 1. The minimum atomic E-state index is -0.180. The molecule has 1 unspecified atom stereocenters. The van der Waals surface area contributed by atoms with Gasteiger partial charge in [0.05, 0.1) is 12.6 Å². The summed E-state index contributed by atoms with van der Waals surface area (Å²) in [5.41, 5.74) is 1.54. The standard InChI is InChI=1S/C13H18ClNO3/c1-18-9-12(6-7-16)15-13(17)11-4-2-10(8-14)3-5-11/h2-5,12,16H,6-9H2,1H3,(H,15,17). The number of rotatable bonds is 7. The molecule has 0 aliphatic carbocycles. The van der Waals surface area contributed by atoms with Gasteiger partial charge in [-0.25, -0.2) is 0 Å². The molecule has 1 rings (SSSR count). The predicted molar refractivity (Wildman–Crippen MR) is 70.8 cm³/mol. The van der Waals surface area contributed by atoms with Gasteiger partial charge >= 0.3 is 0 Å². The third-order valence-corrected chi connectivity index (χ3v) is 2.86. The van der Waals surface area contributed by atoms with E-state index in [4.69, 9.17) is 21.4 Å². The number of methoxy groups -OCH3 is 1. The van der Waals surface area contributed by atoms with Crippen LogP contribution in [0, 0.1) is 0 Å². The summed E-state index contributed by atoms with van der Waals surface area (Å²) in [6.45, 7) is 0.394. The summed E-state index contributed by atoms with van der Waals surface area (Å²) in [7, 11) is 1.56. The minimum absolute atomic E-state index is 0.0134. The number of amides is 1. The Morgan fingerprint density at radius 2 is 2.11 bits per heavy atom. The first kappa shape index (κ1) is 15.0. The van der Waals surface area contributed by atoms with E-state index in [0.29, 0.717) is 24.5 Å². The van der Waals surface area contributed by atoms with Crippen LogP contribution in [0.2, 0.25) is 0 Å². The van der Waals surface area contributed by atoms with E-state index in [1.807, 2.05) is 12.1 Å². The van der Waals surface area contributed by atoms with Gasteiger partial charge in [0, 0.05) is 25.2 Å². The van der Waals surface area contributed by atoms with Crippen molar-refractivity contribution in [3.05, 3.63) is 35.4 Å². The van der Waals surface area contributed by atoms with E-state index < -0.39 is 0 Å². The van der Waals surface area contributed by atoms with Crippen molar-refractivity contribution in [1.29, 1.82) is 0 Å². The van der Waals surface area contributed by atoms with Gasteiger partial charge in [0.2, 0.25) is 0 Å². The van der Waals surface area contributed by atoms with Crippen molar-refractivity contribution >= 4 is 17.5 Å². The number of carbonyl (C=O) groups excluding carboxylic acids is 1. The zero-order valence-corrected chi connectivity index (χ0v) is 11.1. The van der Waals surface area contributed by atoms with E-state index in [2.05, 4.69) is 5.32 Å². The molecule has 100 valence electrons. The van der Waals surface area contributed by atoms with Gasteiger partial charge in [-0.15, -0.1) is 11.6 Å². The lowest BCUT2D eigenvalue weighted by molar-refractivity contribution is 0.0878. The molecule has 0 spiro atoms. The molecule has 0 aliphatic rings. The Labute approximate surface area is 112 Å². The quantitative estimate of drug-likeness (QED) is 0.740. The number of aliphatic hydroxyl groups excluding tert-OH is 1. The van der Waals surface area contributed by atoms with Crippen LogP contribution in [-0.2, 0) is 10.6 Å². The first-order valence-corrected chi connectivity index (χ1v) is 6.30. The summed E-state index contributed by atoms with van der Waals surface area (Å²) < 4.78 is 4.99. The molecule has 0 aliphatic heterocycles. The van der Waals surface area contributed by atoms with Crippen molar-refractivity contribution in [1.82, 2.24) is 5.32 Å². The molecular formula is C13H18ClNO3. The Kier molecular flexibility index (Phi) is 6.72. The largest absolute Gasteiger partial charge is 0.396 e. The second kappa shape index (κ2) is 8.08. The molecule has 1 aromatic rings. The summed E-state index contributed by atoms with van der Waals surface area (Å²) in [5, 5.41) is 11.7. The fourth-order valence-corrected chi connectivity index (χ4v) is 1.75. The third kappa shape index (κ3) is 4.64. The minimum Gasteiger partial charge on any atom is -0.396 e. The topological polar surface area (TPSA) is 58.6 Å². The SMILES string of the molecule is COCC(CCO)NC(=O)c1ccc(CCl)cc1. The van der Waals surface area contributed by atoms with Gasteiger partial charge in [0.25, 0.3) is 5.91 Å². The van der Waals surface area contributed by atoms with Crippen LogP contribution >= 0.6 is 11.6 Å². The predicted octanol–water partition coefficient (Wildman–Crippen LogP) is 1.55. The molecule has 0 fully saturated rings. The van der Waals surface area contributed by atoms with Gasteiger partial charge in [-0.2, -0.15) is 0 Å². The molecule has 2 N–H and O–H groups in total. The molecule has 1 atom stereocenters. The van der Waals surface area contributed by atoms with Gasteiger partial charge in [-0.1, -0.05) is 12.1 Å². The van der Waals surface area contributed by atoms with E-state index in [-0.39, 0.29) is 18.6 Å². The number of halogens is 1. The maximum atomic E-state index is 11.9. The van der Waals surface area contributed by atoms with E-state index in [0.717, 1.165) is 5.56 Å². The van der Waals surface area contributed by atoms with Crippen LogP contribution in [-0.4, -0.2) is 37.4 Å². The van der Waals surface area contributed by atoms with Crippen LogP contribution in [0.4, 0.5) is 0 Å². The van der Waals surface area contributed by atoms with Crippen LogP contribution in [0.1, 0.15) is 22.3 Å². The van der Waals surface area contributed by atoms with Gasteiger partial charge in [-0.05, 0) is 24.1 Å². The maximum Gasteiger partial charge on any atom is 0.251 e. The Morgan fingerprint density at radius 3 is 2.61 bits per heavy atom. The van der Waals surface area contributed by atoms with Crippen molar-refractivity contribution in [2.24, 2.45) is 0 Å². The maximum absolute atomic E-state index is 11.9. The molecule has 0 heterocycles. The highest BCUT2D eigenvalue weighted by Crippen LogP contribution is 2.07. The normalized spacial score (nSPS) is 12.2. The first-order valence-electron chi connectivity index (χ1n) is 5.76. The van der Waals surface area contributed by atoms with Crippen LogP contribution in [0.25, 0.3) is 0 Å². The molecule has 0 saturated heterocycles. The van der Waals surface area contributed by atoms with Gasteiger partial charge in [-0.3, -0.25) is 4.79 Å². The van der Waals surface area contributed by atoms with Crippen molar-refractivity contribution < 1.29 is 14.6 Å². The molecule has 0 radical (unpaired) electrons. The summed E-state index contributed by atoms with van der Waals surface area (Å²) in [6, 6.07) is 6.92. The molecule has 0 saturated carbocycles. The number of benzene rings is 1. The van der Waals surface area contributed by atoms with Crippen LogP contribution in [0.3, 0.4) is 0 Å². The molecule has 1 aromatic carbocycles. The Hall–Kier alpha value is -1.10. The number of hydrogen-bond donors (Lipinski definition) is 2. The van der Waals surface area contributed by atoms with Crippen molar-refractivity contribution in [2.45, 2.75) is 18.3 Å². The smallest absolute Gasteiger partial charge is 0.251 e. The number of hydrogen-bond acceptors (Lipinski definition) is 3. The Bertz CT molecular complexity index is 361. The highest BCUT2D eigenvalue weighted by molar-refractivity contribution is 6.17. The molecule has 5 heteroatoms. The van der Waals surface area contributed by atoms with Gasteiger partial charge < -0.3 is 15.2 Å². The van der Waals surface area contributed by atoms with Crippen LogP contribution < -0.4 is 5.32 Å². The number of alkyl halides is 1. The number of nitrogens with one attached hydrogen (secondary N) is 1. The van der Waals surface area contributed by atoms with Crippen molar-refractivity contribution in [3.63, 3.8) is 0 Å². The second-order valence-corrected chi connectivity index (χ2v) is 4.24. The monoisotopic (exact) mass is 271 g/mol. The summed E-state index contributed by atoms with van der Waals surface area (Å²) in [5.74, 6) is 0.255. The summed E-state index contributed by atoms with van der Waals surface area (Å²) in [6.07, 6.45) is 0.472. The molecule has 18 heavy (non-hydrogen) atoms. The zero-order chi connectivity index (χ0) is 13.4. The highest BCUT2D eigenvalue weighted by Gasteiger charge is 2.13. The van der Waals surface area contributed by atoms with Crippen molar-refractivity contribution in [2.75, 3.05) is 20.3 Å². The number of carbonyl (C=O) groups is 1. The lowest BCUT2D eigenvalue weighted by atomic mass is 10.1. The highest BCUT2D eigenvalue weighted by atomic mass is 35.5. The first-order chi connectivity index (χ1) is 8.71. The average molecular weight is 272 g/mol. The third-order valence-electron chi connectivity index (χ3n) is 2.55. The molecule has 4 nitrogen and oxygen atoms in total. The van der Waals surface area contributed by atoms with Crippen LogP contribution in [0.5, 0.6) is 0 Å². The molecule has 0 bridgehead atoms. The number of aliphatic hydroxyl groups is 1. The van der Waals surface area contributed by atoms with E-state index >= 15 is 0 Å². The van der Waals surface area contributed by atoms with E-state index in [1.165, 1.54) is 0 Å². The van der Waals surface area contributed by atoms with E-state index in [9.17, 15) is 4.79 Å². The van der Waals surface area contributed by atoms with Crippen LogP contribution in [0.15, 0.2) is 24.3 Å². The molecule has 1 amide bonds. The molecular weight excluding hydrogens is 254 g/mol. The second-order valence-electron chi connectivity index (χ2n) is 3.97. The Balaban J connectivity index is 2.61. The van der Waals surface area contributed by atoms with E-state index in [1.54, 1.807) is 19.2 Å². The molecule has 0 aromatic heterocycles. The zero-order valence-electron chi connectivity index (χ0n) is 10.4. The summed E-state index contributed by atoms with van der Waals surface area (Å²) >= 11 is 5.68. The fraction of sp³-hybridized carbons (Fsp3) is 0.462. The average Bonchev–Trinajstić information content (AvgIpc) is 2.39. The lowest BCUT2D eigenvalue weighted by Crippen LogP contribution is -2.38. The fourth-order valence-electron chi connectivity index (χ4n) is 1.57. The van der Waals surface area contributed by atoms with Crippen molar-refractivity contribution in [3.8, 4) is 0 Å². The lowest BCUT2D eigenvalue weighted by Gasteiger charge is -2.16. The Morgan fingerprint density at radius 1 is 1.44 bits per heavy atom. The summed E-state index contributed by atoms with van der Waals surface area (Å²) in [4.78, 5) is 11.9. The van der Waals surface area contributed by atoms with Gasteiger partial charge in [0.1, 0.15) is 0 Å².